The number of nitrogens with zero attached hydrogens (tertiary/aromatic N) is 1. The predicted octanol–water partition coefficient (Wildman–Crippen LogP) is 3.99. The Bertz CT molecular complexity index is 715. The molecule has 5 heteroatoms. The molecule has 0 bridgehead atoms. The number of hydrogen-bond donors (Lipinski definition) is 1. The van der Waals surface area contributed by atoms with Gasteiger partial charge in [0.1, 0.15) is 11.3 Å². The first-order chi connectivity index (χ1) is 8.67. The highest BCUT2D eigenvalue weighted by atomic mass is 79.9. The summed E-state index contributed by atoms with van der Waals surface area (Å²) in [5.41, 5.74) is 7.74. The molecule has 0 fully saturated rings. The minimum absolute atomic E-state index is 0.453. The van der Waals surface area contributed by atoms with Gasteiger partial charge in [0.05, 0.1) is 5.69 Å². The Morgan fingerprint density at radius 1 is 1.28 bits per heavy atom. The van der Waals surface area contributed by atoms with Gasteiger partial charge in [0.25, 0.3) is 5.89 Å². The van der Waals surface area contributed by atoms with Gasteiger partial charge in [-0.15, -0.1) is 0 Å². The Balaban J connectivity index is 2.16. The van der Waals surface area contributed by atoms with E-state index >= 15 is 0 Å². The van der Waals surface area contributed by atoms with Crippen LogP contribution in [-0.4, -0.2) is 4.98 Å². The molecule has 0 aliphatic rings. The molecule has 92 valence electrons. The van der Waals surface area contributed by atoms with Gasteiger partial charge in [-0.25, -0.2) is 4.98 Å². The van der Waals surface area contributed by atoms with Gasteiger partial charge >= 0.3 is 0 Å². The third-order valence-electron chi connectivity index (χ3n) is 2.70. The number of oxazole rings is 1. The second-order valence-electron chi connectivity index (χ2n) is 3.98. The van der Waals surface area contributed by atoms with Crippen molar-refractivity contribution in [1.29, 1.82) is 0 Å². The number of halogens is 1. The molecule has 18 heavy (non-hydrogen) atoms. The fourth-order valence-corrected chi connectivity index (χ4v) is 2.27. The summed E-state index contributed by atoms with van der Waals surface area (Å²) in [4.78, 5) is 4.38. The molecule has 0 saturated carbocycles. The molecule has 3 aromatic rings. The second-order valence-corrected chi connectivity index (χ2v) is 4.90. The van der Waals surface area contributed by atoms with Gasteiger partial charge < -0.3 is 14.6 Å². The third-order valence-corrected chi connectivity index (χ3v) is 3.16. The van der Waals surface area contributed by atoms with Crippen LogP contribution >= 0.6 is 15.9 Å². The predicted molar refractivity (Wildman–Crippen MR) is 73.2 cm³/mol. The lowest BCUT2D eigenvalue weighted by Gasteiger charge is -1.93. The van der Waals surface area contributed by atoms with Gasteiger partial charge in [-0.1, -0.05) is 22.9 Å². The minimum Gasteiger partial charge on any atom is -0.456 e. The van der Waals surface area contributed by atoms with Gasteiger partial charge in [0, 0.05) is 10.9 Å². The highest BCUT2D eigenvalue weighted by Gasteiger charge is 2.14. The number of furan rings is 1. The van der Waals surface area contributed by atoms with E-state index < -0.39 is 0 Å². The number of aromatic nitrogens is 1. The monoisotopic (exact) mass is 306 g/mol. The summed E-state index contributed by atoms with van der Waals surface area (Å²) in [5.74, 6) is 1.98. The van der Waals surface area contributed by atoms with Crippen LogP contribution in [0.1, 0.15) is 12.7 Å². The third kappa shape index (κ3) is 1.80. The number of rotatable bonds is 2. The zero-order valence-corrected chi connectivity index (χ0v) is 11.3. The summed E-state index contributed by atoms with van der Waals surface area (Å²) in [7, 11) is 0. The SMILES string of the molecule is CCc1ccc(-c2nc3cc(Br)cc(N)c3o2)o1. The Kier molecular flexibility index (Phi) is 2.63. The molecule has 0 atom stereocenters. The van der Waals surface area contributed by atoms with Gasteiger partial charge in [-0.2, -0.15) is 0 Å². The van der Waals surface area contributed by atoms with Crippen LogP contribution in [0, 0.1) is 0 Å². The normalized spacial score (nSPS) is 11.2. The molecule has 3 rings (SSSR count). The van der Waals surface area contributed by atoms with Gasteiger partial charge in [0.15, 0.2) is 11.3 Å². The van der Waals surface area contributed by atoms with E-state index in [1.165, 1.54) is 0 Å². The topological polar surface area (TPSA) is 65.2 Å². The highest BCUT2D eigenvalue weighted by molar-refractivity contribution is 9.10. The Morgan fingerprint density at radius 2 is 2.11 bits per heavy atom. The van der Waals surface area contributed by atoms with Crippen molar-refractivity contribution in [2.45, 2.75) is 13.3 Å². The van der Waals surface area contributed by atoms with E-state index in [2.05, 4.69) is 20.9 Å². The summed E-state index contributed by atoms with van der Waals surface area (Å²) < 4.78 is 12.1. The summed E-state index contributed by atoms with van der Waals surface area (Å²) in [5, 5.41) is 0. The number of benzene rings is 1. The molecule has 1 aromatic carbocycles. The molecular weight excluding hydrogens is 296 g/mol. The largest absolute Gasteiger partial charge is 0.456 e. The van der Waals surface area contributed by atoms with Crippen molar-refractivity contribution in [3.05, 3.63) is 34.5 Å². The number of fused-ring (bicyclic) bond motifs is 1. The quantitative estimate of drug-likeness (QED) is 0.727. The van der Waals surface area contributed by atoms with Gasteiger partial charge in [-0.3, -0.25) is 0 Å². The summed E-state index contributed by atoms with van der Waals surface area (Å²) in [6, 6.07) is 7.43. The van der Waals surface area contributed by atoms with E-state index in [4.69, 9.17) is 14.6 Å². The molecule has 0 saturated heterocycles. The molecule has 0 radical (unpaired) electrons. The molecule has 2 aromatic heterocycles. The molecule has 0 aliphatic heterocycles. The van der Waals surface area contributed by atoms with E-state index in [1.54, 1.807) is 6.07 Å². The van der Waals surface area contributed by atoms with Crippen LogP contribution < -0.4 is 5.73 Å². The van der Waals surface area contributed by atoms with E-state index in [9.17, 15) is 0 Å². The Morgan fingerprint density at radius 3 is 2.83 bits per heavy atom. The number of anilines is 1. The van der Waals surface area contributed by atoms with Crippen molar-refractivity contribution >= 4 is 32.7 Å². The van der Waals surface area contributed by atoms with Gasteiger partial charge in [0.2, 0.25) is 0 Å². The lowest BCUT2D eigenvalue weighted by Crippen LogP contribution is -1.84. The van der Waals surface area contributed by atoms with Crippen LogP contribution in [0.25, 0.3) is 22.8 Å². The number of hydrogen-bond acceptors (Lipinski definition) is 4. The van der Waals surface area contributed by atoms with Crippen molar-refractivity contribution in [1.82, 2.24) is 4.98 Å². The van der Waals surface area contributed by atoms with Crippen LogP contribution in [0.2, 0.25) is 0 Å². The molecule has 0 aliphatic carbocycles. The van der Waals surface area contributed by atoms with Crippen LogP contribution in [0.3, 0.4) is 0 Å². The second kappa shape index (κ2) is 4.17. The van der Waals surface area contributed by atoms with Crippen LogP contribution in [0.15, 0.2) is 37.6 Å². The maximum Gasteiger partial charge on any atom is 0.264 e. The van der Waals surface area contributed by atoms with Crippen LogP contribution in [-0.2, 0) is 6.42 Å². The molecule has 2 heterocycles. The molecular formula is C13H11BrN2O2. The van der Waals surface area contributed by atoms with Gasteiger partial charge in [-0.05, 0) is 24.3 Å². The fraction of sp³-hybridized carbons (Fsp3) is 0.154. The zero-order chi connectivity index (χ0) is 12.7. The first-order valence-electron chi connectivity index (χ1n) is 5.62. The Hall–Kier alpha value is -1.75. The Labute approximate surface area is 112 Å². The average molecular weight is 307 g/mol. The van der Waals surface area contributed by atoms with E-state index in [0.29, 0.717) is 28.4 Å². The summed E-state index contributed by atoms with van der Waals surface area (Å²) in [6.45, 7) is 2.03. The maximum atomic E-state index is 5.89. The zero-order valence-electron chi connectivity index (χ0n) is 9.74. The molecule has 2 N–H and O–H groups in total. The first-order valence-corrected chi connectivity index (χ1v) is 6.41. The standard InChI is InChI=1S/C13H11BrN2O2/c1-2-8-3-4-11(17-8)13-16-10-6-7(14)5-9(15)12(10)18-13/h3-6H,2,15H2,1H3. The van der Waals surface area contributed by atoms with Crippen LogP contribution in [0.5, 0.6) is 0 Å². The minimum atomic E-state index is 0.453. The number of aryl methyl sites for hydroxylation is 1. The van der Waals surface area contributed by atoms with Crippen LogP contribution in [0.4, 0.5) is 5.69 Å². The van der Waals surface area contributed by atoms with Crippen molar-refractivity contribution in [2.75, 3.05) is 5.73 Å². The molecule has 0 spiro atoms. The number of nitrogen functional groups attached to an aromatic ring is 1. The highest BCUT2D eigenvalue weighted by Crippen LogP contribution is 2.31. The summed E-state index contributed by atoms with van der Waals surface area (Å²) in [6.07, 6.45) is 0.841. The molecule has 0 unspecified atom stereocenters. The van der Waals surface area contributed by atoms with E-state index in [1.807, 2.05) is 25.1 Å². The molecule has 0 amide bonds. The van der Waals surface area contributed by atoms with E-state index in [-0.39, 0.29) is 0 Å². The van der Waals surface area contributed by atoms with Crippen molar-refractivity contribution < 1.29 is 8.83 Å². The first kappa shape index (κ1) is 11.3. The lowest BCUT2D eigenvalue weighted by atomic mass is 10.3. The smallest absolute Gasteiger partial charge is 0.264 e. The lowest BCUT2D eigenvalue weighted by molar-refractivity contribution is 0.501. The average Bonchev–Trinajstić information content (AvgIpc) is 2.93. The van der Waals surface area contributed by atoms with Crippen molar-refractivity contribution in [3.63, 3.8) is 0 Å². The number of nitrogens with two attached hydrogens (primary N) is 1. The maximum absolute atomic E-state index is 5.89. The summed E-state index contributed by atoms with van der Waals surface area (Å²) >= 11 is 3.38. The fourth-order valence-electron chi connectivity index (χ4n) is 1.81. The van der Waals surface area contributed by atoms with E-state index in [0.717, 1.165) is 16.7 Å². The van der Waals surface area contributed by atoms with Crippen molar-refractivity contribution in [3.8, 4) is 11.7 Å². The van der Waals surface area contributed by atoms with Crippen molar-refractivity contribution in [2.24, 2.45) is 0 Å². The molecule has 4 nitrogen and oxygen atoms in total.